The summed E-state index contributed by atoms with van der Waals surface area (Å²) in [4.78, 5) is 0. The van der Waals surface area contributed by atoms with Crippen molar-refractivity contribution in [3.05, 3.63) is 0 Å². The maximum atomic E-state index is 2.47. The average Bonchev–Trinajstić information content (AvgIpc) is 2.37. The molecule has 0 rings (SSSR count). The number of hydrogen-bond acceptors (Lipinski definition) is 0. The molecule has 0 amide bonds. The highest BCUT2D eigenvalue weighted by atomic mass is 14.2. The Labute approximate surface area is 136 Å². The Kier molecular flexibility index (Phi) is 11.6. The van der Waals surface area contributed by atoms with E-state index in [0.29, 0.717) is 5.41 Å². The van der Waals surface area contributed by atoms with E-state index in [0.717, 1.165) is 17.8 Å². The lowest BCUT2D eigenvalue weighted by molar-refractivity contribution is 0.269. The summed E-state index contributed by atoms with van der Waals surface area (Å²) in [6.07, 6.45) is 14.2. The van der Waals surface area contributed by atoms with E-state index in [9.17, 15) is 0 Å². The van der Waals surface area contributed by atoms with Crippen molar-refractivity contribution in [1.82, 2.24) is 0 Å². The van der Waals surface area contributed by atoms with Gasteiger partial charge in [-0.2, -0.15) is 0 Å². The van der Waals surface area contributed by atoms with Crippen molar-refractivity contribution in [3.8, 4) is 0 Å². The third-order valence-electron chi connectivity index (χ3n) is 5.28. The molecule has 0 radical (unpaired) electrons. The first-order valence-corrected chi connectivity index (χ1v) is 9.76. The summed E-state index contributed by atoms with van der Waals surface area (Å²) in [5, 5.41) is 0. The normalized spacial score (nSPS) is 15.4. The molecule has 21 heavy (non-hydrogen) atoms. The number of hydrogen-bond donors (Lipinski definition) is 0. The second kappa shape index (κ2) is 11.6. The Bertz CT molecular complexity index is 226. The third kappa shape index (κ3) is 13.4. The summed E-state index contributed by atoms with van der Waals surface area (Å²) in [6.45, 7) is 16.8. The predicted molar refractivity (Wildman–Crippen MR) is 98.8 cm³/mol. The molecule has 0 saturated heterocycles. The van der Waals surface area contributed by atoms with E-state index in [1.165, 1.54) is 64.2 Å². The van der Waals surface area contributed by atoms with Crippen molar-refractivity contribution < 1.29 is 0 Å². The summed E-state index contributed by atoms with van der Waals surface area (Å²) >= 11 is 0. The van der Waals surface area contributed by atoms with Gasteiger partial charge in [-0.15, -0.1) is 0 Å². The SMILES string of the molecule is CCC(C)CCCC(C)CCCC(C)(C)CCCC(C)C. The molecule has 0 aromatic carbocycles. The third-order valence-corrected chi connectivity index (χ3v) is 5.28. The minimum Gasteiger partial charge on any atom is -0.0651 e. The molecule has 0 nitrogen and oxygen atoms in total. The van der Waals surface area contributed by atoms with E-state index < -0.39 is 0 Å². The molecular weight excluding hydrogens is 252 g/mol. The van der Waals surface area contributed by atoms with Crippen LogP contribution in [0.5, 0.6) is 0 Å². The van der Waals surface area contributed by atoms with Gasteiger partial charge in [0, 0.05) is 0 Å². The Balaban J connectivity index is 3.66. The van der Waals surface area contributed by atoms with Crippen LogP contribution in [0.4, 0.5) is 0 Å². The van der Waals surface area contributed by atoms with Crippen LogP contribution in [0.15, 0.2) is 0 Å². The van der Waals surface area contributed by atoms with Crippen LogP contribution in [0.2, 0.25) is 0 Å². The first-order valence-electron chi connectivity index (χ1n) is 9.76. The van der Waals surface area contributed by atoms with Crippen molar-refractivity contribution in [2.24, 2.45) is 23.2 Å². The first kappa shape index (κ1) is 21.0. The van der Waals surface area contributed by atoms with E-state index in [1.807, 2.05) is 0 Å². The smallest absolute Gasteiger partial charge is 0.0354 e. The summed E-state index contributed by atoms with van der Waals surface area (Å²) in [5.74, 6) is 2.73. The van der Waals surface area contributed by atoms with Crippen LogP contribution in [0, 0.1) is 23.2 Å². The fraction of sp³-hybridized carbons (Fsp3) is 1.00. The zero-order valence-electron chi connectivity index (χ0n) is 16.3. The Hall–Kier alpha value is 0. The lowest BCUT2D eigenvalue weighted by Crippen LogP contribution is -2.12. The van der Waals surface area contributed by atoms with Gasteiger partial charge in [-0.3, -0.25) is 0 Å². The van der Waals surface area contributed by atoms with Crippen molar-refractivity contribution >= 4 is 0 Å². The molecule has 2 unspecified atom stereocenters. The molecule has 0 aromatic rings. The zero-order valence-corrected chi connectivity index (χ0v) is 16.3. The molecule has 0 saturated carbocycles. The van der Waals surface area contributed by atoms with Crippen molar-refractivity contribution in [1.29, 1.82) is 0 Å². The van der Waals surface area contributed by atoms with Crippen LogP contribution in [-0.2, 0) is 0 Å². The highest BCUT2D eigenvalue weighted by Crippen LogP contribution is 2.31. The van der Waals surface area contributed by atoms with Gasteiger partial charge >= 0.3 is 0 Å². The Morgan fingerprint density at radius 1 is 0.667 bits per heavy atom. The van der Waals surface area contributed by atoms with Crippen molar-refractivity contribution in [3.63, 3.8) is 0 Å². The minimum atomic E-state index is 0.561. The quantitative estimate of drug-likeness (QED) is 0.324. The molecule has 0 spiro atoms. The predicted octanol–water partition coefficient (Wildman–Crippen LogP) is 7.86. The topological polar surface area (TPSA) is 0 Å². The molecule has 0 aromatic heterocycles. The van der Waals surface area contributed by atoms with Gasteiger partial charge in [0.05, 0.1) is 0 Å². The first-order chi connectivity index (χ1) is 9.76. The molecule has 0 heteroatoms. The van der Waals surface area contributed by atoms with Crippen molar-refractivity contribution in [2.75, 3.05) is 0 Å². The van der Waals surface area contributed by atoms with E-state index in [2.05, 4.69) is 48.5 Å². The molecular formula is C21H44. The second-order valence-electron chi connectivity index (χ2n) is 8.89. The maximum absolute atomic E-state index is 2.47. The highest BCUT2D eigenvalue weighted by Gasteiger charge is 2.17. The lowest BCUT2D eigenvalue weighted by Gasteiger charge is -2.25. The van der Waals surface area contributed by atoms with Gasteiger partial charge in [0.15, 0.2) is 0 Å². The fourth-order valence-corrected chi connectivity index (χ4v) is 3.21. The van der Waals surface area contributed by atoms with Crippen LogP contribution in [0.1, 0.15) is 113 Å². The Morgan fingerprint density at radius 3 is 1.67 bits per heavy atom. The molecule has 0 heterocycles. The standard InChI is InChI=1S/C21H44/c1-8-19(4)13-9-14-20(5)15-11-17-21(6,7)16-10-12-18(2)3/h18-20H,8-17H2,1-7H3. The molecule has 0 bridgehead atoms. The van der Waals surface area contributed by atoms with Crippen LogP contribution >= 0.6 is 0 Å². The molecule has 0 fully saturated rings. The molecule has 0 N–H and O–H groups in total. The van der Waals surface area contributed by atoms with Gasteiger partial charge in [-0.25, -0.2) is 0 Å². The number of rotatable bonds is 13. The van der Waals surface area contributed by atoms with Crippen LogP contribution < -0.4 is 0 Å². The van der Waals surface area contributed by atoms with Crippen LogP contribution in [0.3, 0.4) is 0 Å². The summed E-state index contributed by atoms with van der Waals surface area (Å²) in [7, 11) is 0. The maximum Gasteiger partial charge on any atom is -0.0354 e. The van der Waals surface area contributed by atoms with Gasteiger partial charge in [0.2, 0.25) is 0 Å². The minimum absolute atomic E-state index is 0.561. The second-order valence-corrected chi connectivity index (χ2v) is 8.89. The van der Waals surface area contributed by atoms with Crippen LogP contribution in [0.25, 0.3) is 0 Å². The Morgan fingerprint density at radius 2 is 1.14 bits per heavy atom. The van der Waals surface area contributed by atoms with Crippen molar-refractivity contribution in [2.45, 2.75) is 113 Å². The fourth-order valence-electron chi connectivity index (χ4n) is 3.21. The molecule has 0 aliphatic rings. The molecule has 2 atom stereocenters. The van der Waals surface area contributed by atoms with Gasteiger partial charge in [0.25, 0.3) is 0 Å². The van der Waals surface area contributed by atoms with E-state index in [1.54, 1.807) is 0 Å². The highest BCUT2D eigenvalue weighted by molar-refractivity contribution is 4.70. The van der Waals surface area contributed by atoms with Gasteiger partial charge in [-0.05, 0) is 36.0 Å². The van der Waals surface area contributed by atoms with Gasteiger partial charge in [0.1, 0.15) is 0 Å². The van der Waals surface area contributed by atoms with Crippen LogP contribution in [-0.4, -0.2) is 0 Å². The molecule has 0 aliphatic heterocycles. The summed E-state index contributed by atoms with van der Waals surface area (Å²) in [6, 6.07) is 0. The van der Waals surface area contributed by atoms with E-state index >= 15 is 0 Å². The molecule has 128 valence electrons. The zero-order chi connectivity index (χ0) is 16.3. The molecule has 0 aliphatic carbocycles. The average molecular weight is 297 g/mol. The lowest BCUT2D eigenvalue weighted by atomic mass is 9.80. The van der Waals surface area contributed by atoms with Gasteiger partial charge in [-0.1, -0.05) is 99.8 Å². The largest absolute Gasteiger partial charge is 0.0651 e. The monoisotopic (exact) mass is 296 g/mol. The van der Waals surface area contributed by atoms with Gasteiger partial charge < -0.3 is 0 Å². The summed E-state index contributed by atoms with van der Waals surface area (Å²) < 4.78 is 0. The van der Waals surface area contributed by atoms with E-state index in [-0.39, 0.29) is 0 Å². The summed E-state index contributed by atoms with van der Waals surface area (Å²) in [5.41, 5.74) is 0.561. The van der Waals surface area contributed by atoms with E-state index in [4.69, 9.17) is 0 Å².